The molecule has 3 N–H and O–H groups in total. The Morgan fingerprint density at radius 1 is 1.40 bits per heavy atom. The second-order valence-corrected chi connectivity index (χ2v) is 5.69. The molecule has 1 aromatic rings. The van der Waals surface area contributed by atoms with Crippen LogP contribution in [-0.2, 0) is 4.79 Å². The molecule has 1 unspecified atom stereocenters. The Morgan fingerprint density at radius 3 is 2.70 bits per heavy atom. The number of benzene rings is 1. The molecule has 1 aromatic carbocycles. The van der Waals surface area contributed by atoms with Gasteiger partial charge in [0.25, 0.3) is 5.91 Å². The van der Waals surface area contributed by atoms with Crippen LogP contribution in [0.3, 0.4) is 0 Å². The maximum absolute atomic E-state index is 12.5. The number of amides is 2. The summed E-state index contributed by atoms with van der Waals surface area (Å²) in [5.41, 5.74) is 7.47. The molecule has 0 bridgehead atoms. The van der Waals surface area contributed by atoms with Crippen molar-refractivity contribution < 1.29 is 9.59 Å². The number of hydrogen-bond donors (Lipinski definition) is 2. The SMILES string of the molecule is CNC(=O)C1(C)CCN(C(=O)c2ccc(N)c(C)c2)C1. The lowest BCUT2D eigenvalue weighted by Gasteiger charge is -2.23. The maximum Gasteiger partial charge on any atom is 0.253 e. The monoisotopic (exact) mass is 275 g/mol. The first-order valence-corrected chi connectivity index (χ1v) is 6.75. The maximum atomic E-state index is 12.5. The Balaban J connectivity index is 2.15. The number of anilines is 1. The molecule has 1 aliphatic heterocycles. The lowest BCUT2D eigenvalue weighted by molar-refractivity contribution is -0.128. The lowest BCUT2D eigenvalue weighted by Crippen LogP contribution is -2.40. The minimum absolute atomic E-state index is 0.0127. The van der Waals surface area contributed by atoms with Gasteiger partial charge in [-0.25, -0.2) is 0 Å². The average molecular weight is 275 g/mol. The fraction of sp³-hybridized carbons (Fsp3) is 0.467. The molecular weight excluding hydrogens is 254 g/mol. The number of carbonyl (C=O) groups is 2. The van der Waals surface area contributed by atoms with Crippen LogP contribution in [0.15, 0.2) is 18.2 Å². The van der Waals surface area contributed by atoms with Gasteiger partial charge in [0.1, 0.15) is 0 Å². The van der Waals surface area contributed by atoms with Gasteiger partial charge in [-0.3, -0.25) is 9.59 Å². The van der Waals surface area contributed by atoms with Crippen LogP contribution < -0.4 is 11.1 Å². The van der Waals surface area contributed by atoms with E-state index in [1.165, 1.54) is 0 Å². The second-order valence-electron chi connectivity index (χ2n) is 5.69. The molecule has 2 rings (SSSR count). The summed E-state index contributed by atoms with van der Waals surface area (Å²) in [7, 11) is 1.63. The average Bonchev–Trinajstić information content (AvgIpc) is 2.84. The Kier molecular flexibility index (Phi) is 3.70. The van der Waals surface area contributed by atoms with Crippen molar-refractivity contribution in [2.24, 2.45) is 5.41 Å². The minimum atomic E-state index is -0.493. The second kappa shape index (κ2) is 5.15. The van der Waals surface area contributed by atoms with Crippen LogP contribution >= 0.6 is 0 Å². The third kappa shape index (κ3) is 2.48. The van der Waals surface area contributed by atoms with Crippen molar-refractivity contribution in [2.75, 3.05) is 25.9 Å². The number of nitrogens with one attached hydrogen (secondary N) is 1. The molecule has 5 nitrogen and oxygen atoms in total. The van der Waals surface area contributed by atoms with E-state index in [0.29, 0.717) is 30.8 Å². The lowest BCUT2D eigenvalue weighted by atomic mass is 9.89. The van der Waals surface area contributed by atoms with Crippen LogP contribution in [0.25, 0.3) is 0 Å². The fourth-order valence-electron chi connectivity index (χ4n) is 2.61. The number of likely N-dealkylation sites (tertiary alicyclic amines) is 1. The smallest absolute Gasteiger partial charge is 0.253 e. The largest absolute Gasteiger partial charge is 0.399 e. The number of carbonyl (C=O) groups excluding carboxylic acids is 2. The van der Waals surface area contributed by atoms with Crippen LogP contribution in [0.2, 0.25) is 0 Å². The third-order valence-corrected chi connectivity index (χ3v) is 4.05. The molecular formula is C15H21N3O2. The molecule has 0 aliphatic carbocycles. The van der Waals surface area contributed by atoms with Crippen LogP contribution in [0.5, 0.6) is 0 Å². The zero-order valence-electron chi connectivity index (χ0n) is 12.2. The zero-order valence-corrected chi connectivity index (χ0v) is 12.2. The van der Waals surface area contributed by atoms with Crippen LogP contribution in [-0.4, -0.2) is 36.9 Å². The summed E-state index contributed by atoms with van der Waals surface area (Å²) in [4.78, 5) is 26.1. The van der Waals surface area contributed by atoms with Crippen LogP contribution in [0.4, 0.5) is 5.69 Å². The van der Waals surface area contributed by atoms with Gasteiger partial charge in [0.2, 0.25) is 5.91 Å². The number of hydrogen-bond acceptors (Lipinski definition) is 3. The summed E-state index contributed by atoms with van der Waals surface area (Å²) in [5, 5.41) is 2.67. The van der Waals surface area contributed by atoms with Gasteiger partial charge in [-0.1, -0.05) is 0 Å². The van der Waals surface area contributed by atoms with Gasteiger partial charge >= 0.3 is 0 Å². The molecule has 5 heteroatoms. The molecule has 1 heterocycles. The highest BCUT2D eigenvalue weighted by Gasteiger charge is 2.41. The Bertz CT molecular complexity index is 556. The van der Waals surface area contributed by atoms with E-state index in [1.807, 2.05) is 13.8 Å². The van der Waals surface area contributed by atoms with Crippen LogP contribution in [0.1, 0.15) is 29.3 Å². The molecule has 1 saturated heterocycles. The molecule has 0 saturated carbocycles. The highest BCUT2D eigenvalue weighted by atomic mass is 16.2. The first kappa shape index (κ1) is 14.4. The van der Waals surface area contributed by atoms with E-state index in [1.54, 1.807) is 30.1 Å². The Hall–Kier alpha value is -2.04. The minimum Gasteiger partial charge on any atom is -0.399 e. The van der Waals surface area contributed by atoms with Gasteiger partial charge in [0.05, 0.1) is 5.41 Å². The number of nitrogens with zero attached hydrogens (tertiary/aromatic N) is 1. The van der Waals surface area contributed by atoms with E-state index < -0.39 is 5.41 Å². The standard InChI is InChI=1S/C15H21N3O2/c1-10-8-11(4-5-12(10)16)13(19)18-7-6-15(2,9-18)14(20)17-3/h4-5,8H,6-7,9,16H2,1-3H3,(H,17,20). The molecule has 0 radical (unpaired) electrons. The summed E-state index contributed by atoms with van der Waals surface area (Å²) in [6, 6.07) is 5.28. The first-order chi connectivity index (χ1) is 9.37. The van der Waals surface area contributed by atoms with Crippen molar-refractivity contribution in [3.63, 3.8) is 0 Å². The van der Waals surface area contributed by atoms with Gasteiger partial charge < -0.3 is 16.0 Å². The van der Waals surface area contributed by atoms with Crippen molar-refractivity contribution >= 4 is 17.5 Å². The Morgan fingerprint density at radius 2 is 2.10 bits per heavy atom. The summed E-state index contributed by atoms with van der Waals surface area (Å²) in [5.74, 6) is -0.0537. The number of aryl methyl sites for hydroxylation is 1. The van der Waals surface area contributed by atoms with Gasteiger partial charge in [-0.15, -0.1) is 0 Å². The molecule has 1 fully saturated rings. The van der Waals surface area contributed by atoms with Gasteiger partial charge in [0.15, 0.2) is 0 Å². The zero-order chi connectivity index (χ0) is 14.9. The molecule has 1 atom stereocenters. The first-order valence-electron chi connectivity index (χ1n) is 6.75. The highest BCUT2D eigenvalue weighted by Crippen LogP contribution is 2.31. The normalized spacial score (nSPS) is 21.9. The predicted molar refractivity (Wildman–Crippen MR) is 78.3 cm³/mol. The van der Waals surface area contributed by atoms with Crippen molar-refractivity contribution in [1.82, 2.24) is 10.2 Å². The summed E-state index contributed by atoms with van der Waals surface area (Å²) in [6.45, 7) is 4.83. The van der Waals surface area contributed by atoms with E-state index in [0.717, 1.165) is 5.56 Å². The number of rotatable bonds is 2. The molecule has 0 spiro atoms. The van der Waals surface area contributed by atoms with Gasteiger partial charge in [0, 0.05) is 31.4 Å². The fourth-order valence-corrected chi connectivity index (χ4v) is 2.61. The van der Waals surface area contributed by atoms with E-state index in [2.05, 4.69) is 5.32 Å². The topological polar surface area (TPSA) is 75.4 Å². The van der Waals surface area contributed by atoms with Crippen molar-refractivity contribution in [2.45, 2.75) is 20.3 Å². The molecule has 20 heavy (non-hydrogen) atoms. The van der Waals surface area contributed by atoms with Crippen molar-refractivity contribution in [3.8, 4) is 0 Å². The van der Waals surface area contributed by atoms with E-state index in [4.69, 9.17) is 5.73 Å². The molecule has 0 aromatic heterocycles. The molecule has 2 amide bonds. The number of nitrogens with two attached hydrogens (primary N) is 1. The summed E-state index contributed by atoms with van der Waals surface area (Å²) in [6.07, 6.45) is 0.687. The predicted octanol–water partition coefficient (Wildman–Crippen LogP) is 1.18. The van der Waals surface area contributed by atoms with Crippen molar-refractivity contribution in [3.05, 3.63) is 29.3 Å². The van der Waals surface area contributed by atoms with E-state index in [9.17, 15) is 9.59 Å². The van der Waals surface area contributed by atoms with E-state index >= 15 is 0 Å². The Labute approximate surface area is 119 Å². The van der Waals surface area contributed by atoms with Gasteiger partial charge in [-0.2, -0.15) is 0 Å². The summed E-state index contributed by atoms with van der Waals surface area (Å²) >= 11 is 0. The number of nitrogen functional groups attached to an aromatic ring is 1. The highest BCUT2D eigenvalue weighted by molar-refractivity contribution is 5.96. The van der Waals surface area contributed by atoms with Gasteiger partial charge in [-0.05, 0) is 44.0 Å². The van der Waals surface area contributed by atoms with Crippen LogP contribution in [0, 0.1) is 12.3 Å². The van der Waals surface area contributed by atoms with Crippen molar-refractivity contribution in [1.29, 1.82) is 0 Å². The molecule has 1 aliphatic rings. The van der Waals surface area contributed by atoms with E-state index in [-0.39, 0.29) is 11.8 Å². The molecule has 108 valence electrons. The quantitative estimate of drug-likeness (QED) is 0.796. The summed E-state index contributed by atoms with van der Waals surface area (Å²) < 4.78 is 0. The third-order valence-electron chi connectivity index (χ3n) is 4.05.